The second kappa shape index (κ2) is 7.62. The molecule has 3 N–H and O–H groups in total. The molecular weight excluding hydrogens is 326 g/mol. The molecular formula is C14H18ClN3O3S. The molecule has 1 aromatic carbocycles. The Morgan fingerprint density at radius 1 is 1.55 bits per heavy atom. The van der Waals surface area contributed by atoms with Crippen LogP contribution in [-0.2, 0) is 11.4 Å². The van der Waals surface area contributed by atoms with E-state index < -0.39 is 17.0 Å². The third-order valence-corrected chi connectivity index (χ3v) is 5.27. The van der Waals surface area contributed by atoms with Crippen molar-refractivity contribution in [1.82, 2.24) is 9.62 Å². The molecule has 0 bridgehead atoms. The quantitative estimate of drug-likeness (QED) is 0.505. The number of hydrogen-bond donors (Lipinski definition) is 3. The molecule has 1 aliphatic rings. The van der Waals surface area contributed by atoms with Crippen LogP contribution < -0.4 is 5.32 Å². The Labute approximate surface area is 137 Å². The number of nitrogens with one attached hydrogen (secondary N) is 1. The Bertz CT molecular complexity index is 569. The van der Waals surface area contributed by atoms with Crippen LogP contribution >= 0.6 is 11.6 Å². The maximum atomic E-state index is 12.6. The molecule has 0 spiro atoms. The molecule has 120 valence electrons. The molecule has 2 atom stereocenters. The van der Waals surface area contributed by atoms with Gasteiger partial charge in [-0.2, -0.15) is 5.26 Å². The lowest BCUT2D eigenvalue weighted by molar-refractivity contribution is 0.0549. The van der Waals surface area contributed by atoms with Crippen LogP contribution in [0.25, 0.3) is 0 Å². The van der Waals surface area contributed by atoms with Gasteiger partial charge in [-0.25, -0.2) is 0 Å². The number of rotatable bonds is 6. The Hall–Kier alpha value is -0.850. The Kier molecular flexibility index (Phi) is 6.06. The first-order chi connectivity index (χ1) is 10.5. The number of β-amino-alcohol motifs (C(OH)–C–C–N with tert-alkyl or cyclic N) is 1. The first kappa shape index (κ1) is 17.5. The van der Waals surface area contributed by atoms with Gasteiger partial charge < -0.3 is 20.1 Å². The summed E-state index contributed by atoms with van der Waals surface area (Å²) < 4.78 is 14.3. The topological polar surface area (TPSA) is 103 Å². The number of hydrogen-bond acceptors (Lipinski definition) is 6. The van der Waals surface area contributed by atoms with Gasteiger partial charge in [0.25, 0.3) is 0 Å². The Morgan fingerprint density at radius 2 is 2.32 bits per heavy atom. The molecule has 6 nitrogen and oxygen atoms in total. The third kappa shape index (κ3) is 4.12. The number of benzene rings is 1. The predicted molar refractivity (Wildman–Crippen MR) is 83.7 cm³/mol. The van der Waals surface area contributed by atoms with Crippen LogP contribution in [0, 0.1) is 11.3 Å². The van der Waals surface area contributed by atoms with Crippen LogP contribution in [0.2, 0.25) is 5.02 Å². The van der Waals surface area contributed by atoms with Crippen molar-refractivity contribution >= 4 is 23.0 Å². The van der Waals surface area contributed by atoms with Crippen LogP contribution in [0.5, 0.6) is 0 Å². The van der Waals surface area contributed by atoms with E-state index in [1.165, 1.54) is 6.07 Å². The van der Waals surface area contributed by atoms with Crippen LogP contribution in [0.1, 0.15) is 12.0 Å². The lowest BCUT2D eigenvalue weighted by Crippen LogP contribution is -2.44. The first-order valence-electron chi connectivity index (χ1n) is 6.89. The van der Waals surface area contributed by atoms with Crippen molar-refractivity contribution in [3.63, 3.8) is 0 Å². The normalized spacial score (nSPS) is 23.4. The number of aliphatic hydroxyl groups is 2. The van der Waals surface area contributed by atoms with Gasteiger partial charge in [-0.15, -0.1) is 4.31 Å². The molecule has 0 amide bonds. The summed E-state index contributed by atoms with van der Waals surface area (Å²) in [5.41, 5.74) is -0.705. The van der Waals surface area contributed by atoms with Crippen molar-refractivity contribution in [3.8, 4) is 6.07 Å². The van der Waals surface area contributed by atoms with Crippen molar-refractivity contribution < 1.29 is 14.8 Å². The van der Waals surface area contributed by atoms with Crippen LogP contribution in [-0.4, -0.2) is 57.5 Å². The minimum atomic E-state index is -1.52. The predicted octanol–water partition coefficient (Wildman–Crippen LogP) is 0.253. The van der Waals surface area contributed by atoms with Gasteiger partial charge in [0.1, 0.15) is 11.6 Å². The average molecular weight is 344 g/mol. The van der Waals surface area contributed by atoms with Crippen molar-refractivity contribution in [3.05, 3.63) is 28.8 Å². The van der Waals surface area contributed by atoms with Crippen molar-refractivity contribution in [2.45, 2.75) is 16.9 Å². The number of nitrogens with zero attached hydrogens (tertiary/aromatic N) is 2. The van der Waals surface area contributed by atoms with Crippen molar-refractivity contribution in [2.24, 2.45) is 0 Å². The first-order valence-corrected chi connectivity index (χ1v) is 8.38. The highest BCUT2D eigenvalue weighted by atomic mass is 35.5. The second-order valence-corrected chi connectivity index (χ2v) is 7.13. The van der Waals surface area contributed by atoms with Gasteiger partial charge in [0.2, 0.25) is 0 Å². The molecule has 1 heterocycles. The minimum Gasteiger partial charge on any atom is -0.593 e. The average Bonchev–Trinajstić information content (AvgIpc) is 2.89. The summed E-state index contributed by atoms with van der Waals surface area (Å²) in [4.78, 5) is 0.402. The fraction of sp³-hybridized carbons (Fsp3) is 0.500. The summed E-state index contributed by atoms with van der Waals surface area (Å²) in [6.45, 7) is 1.44. The second-order valence-electron chi connectivity index (χ2n) is 5.24. The highest BCUT2D eigenvalue weighted by Gasteiger charge is 2.42. The van der Waals surface area contributed by atoms with Gasteiger partial charge >= 0.3 is 0 Å². The summed E-state index contributed by atoms with van der Waals surface area (Å²) in [6, 6.07) is 6.66. The van der Waals surface area contributed by atoms with Gasteiger partial charge in [-0.1, -0.05) is 11.6 Å². The maximum absolute atomic E-state index is 12.6. The molecule has 1 aliphatic heterocycles. The van der Waals surface area contributed by atoms with Gasteiger partial charge in [0.05, 0.1) is 30.1 Å². The molecule has 0 radical (unpaired) electrons. The van der Waals surface area contributed by atoms with E-state index in [1.54, 1.807) is 16.4 Å². The van der Waals surface area contributed by atoms with E-state index in [0.717, 1.165) is 0 Å². The summed E-state index contributed by atoms with van der Waals surface area (Å²) in [5.74, 6) is 0. The summed E-state index contributed by atoms with van der Waals surface area (Å²) in [5, 5.41) is 31.7. The van der Waals surface area contributed by atoms with Crippen molar-refractivity contribution in [1.29, 1.82) is 5.26 Å². The summed E-state index contributed by atoms with van der Waals surface area (Å²) >= 11 is 4.33. The van der Waals surface area contributed by atoms with E-state index >= 15 is 0 Å². The fourth-order valence-corrected chi connectivity index (χ4v) is 3.93. The van der Waals surface area contributed by atoms with Gasteiger partial charge in [0.15, 0.2) is 4.90 Å². The van der Waals surface area contributed by atoms with E-state index in [9.17, 15) is 9.66 Å². The van der Waals surface area contributed by atoms with Crippen LogP contribution in [0.3, 0.4) is 0 Å². The zero-order chi connectivity index (χ0) is 16.2. The molecule has 2 rings (SSSR count). The third-order valence-electron chi connectivity index (χ3n) is 3.52. The Balaban J connectivity index is 2.06. The molecule has 0 saturated carbocycles. The lowest BCUT2D eigenvalue weighted by atomic mass is 10.0. The largest absolute Gasteiger partial charge is 0.593 e. The zero-order valence-electron chi connectivity index (χ0n) is 12.0. The van der Waals surface area contributed by atoms with Crippen LogP contribution in [0.15, 0.2) is 23.1 Å². The SMILES string of the molecule is N#Cc1cc(Cl)ccc1[S+]([O-])N1CC[C@@](O)(CNCCO)C1. The zero-order valence-corrected chi connectivity index (χ0v) is 13.5. The van der Waals surface area contributed by atoms with Gasteiger partial charge in [0, 0.05) is 24.7 Å². The van der Waals surface area contributed by atoms with Gasteiger partial charge in [-0.3, -0.25) is 0 Å². The fourth-order valence-electron chi connectivity index (χ4n) is 2.39. The summed E-state index contributed by atoms with van der Waals surface area (Å²) in [7, 11) is 0. The van der Waals surface area contributed by atoms with Crippen LogP contribution in [0.4, 0.5) is 0 Å². The minimum absolute atomic E-state index is 0.00201. The molecule has 1 fully saturated rings. The number of halogens is 1. The molecule has 0 aromatic heterocycles. The lowest BCUT2D eigenvalue weighted by Gasteiger charge is -2.24. The molecule has 1 saturated heterocycles. The van der Waals surface area contributed by atoms with E-state index in [0.29, 0.717) is 36.0 Å². The smallest absolute Gasteiger partial charge is 0.191 e. The summed E-state index contributed by atoms with van der Waals surface area (Å²) in [6.07, 6.45) is 0.479. The standard InChI is InChI=1S/C14H18ClN3O3S/c15-12-1-2-13(11(7-12)8-16)22(21)18-5-3-14(20,10-18)9-17-4-6-19/h1-2,7,17,19-20H,3-6,9-10H2/t14-,22?/m1/s1. The van der Waals surface area contributed by atoms with Gasteiger partial charge in [-0.05, 0) is 24.6 Å². The number of aliphatic hydroxyl groups excluding tert-OH is 1. The van der Waals surface area contributed by atoms with E-state index in [2.05, 4.69) is 5.32 Å². The Morgan fingerprint density at radius 3 is 3.00 bits per heavy atom. The highest BCUT2D eigenvalue weighted by Crippen LogP contribution is 2.29. The van der Waals surface area contributed by atoms with E-state index in [-0.39, 0.29) is 18.7 Å². The van der Waals surface area contributed by atoms with Crippen molar-refractivity contribution in [2.75, 3.05) is 32.8 Å². The molecule has 1 aromatic rings. The molecule has 0 aliphatic carbocycles. The molecule has 8 heteroatoms. The molecule has 22 heavy (non-hydrogen) atoms. The highest BCUT2D eigenvalue weighted by molar-refractivity contribution is 7.89. The number of nitriles is 1. The maximum Gasteiger partial charge on any atom is 0.191 e. The van der Waals surface area contributed by atoms with E-state index in [4.69, 9.17) is 22.0 Å². The molecule has 1 unspecified atom stereocenters. The van der Waals surface area contributed by atoms with E-state index in [1.807, 2.05) is 6.07 Å². The monoisotopic (exact) mass is 343 g/mol.